The molecule has 0 radical (unpaired) electrons. The second kappa shape index (κ2) is 7.31. The molecule has 3 rings (SSSR count). The Bertz CT molecular complexity index is 844. The van der Waals surface area contributed by atoms with E-state index in [2.05, 4.69) is 10.2 Å². The van der Waals surface area contributed by atoms with Gasteiger partial charge in [-0.1, -0.05) is 23.9 Å². The lowest BCUT2D eigenvalue weighted by Crippen LogP contribution is -2.28. The van der Waals surface area contributed by atoms with E-state index in [1.54, 1.807) is 37.5 Å². The molecule has 25 heavy (non-hydrogen) atoms. The highest BCUT2D eigenvalue weighted by Crippen LogP contribution is 2.23. The first-order valence-corrected chi connectivity index (χ1v) is 8.36. The fourth-order valence-electron chi connectivity index (χ4n) is 2.18. The van der Waals surface area contributed by atoms with Crippen LogP contribution in [0.25, 0.3) is 0 Å². The zero-order valence-corrected chi connectivity index (χ0v) is 14.1. The van der Waals surface area contributed by atoms with Gasteiger partial charge in [0.15, 0.2) is 5.17 Å². The first kappa shape index (κ1) is 16.9. The normalized spacial score (nSPS) is 16.7. The SMILES string of the molecule is C/C(=N\N=C1/SCC(=O)N1Cc1ccc([N+](=O)[O-])cc1)c1ccco1. The standard InChI is InChI=1S/C16H14N4O4S/c1-11(14-3-2-8-24-14)17-18-16-19(15(21)10-25-16)9-12-4-6-13(7-5-12)20(22)23/h2-8H,9-10H2,1H3/b17-11+,18-16-. The minimum Gasteiger partial charge on any atom is -0.463 e. The molecule has 0 unspecified atom stereocenters. The van der Waals surface area contributed by atoms with Crippen LogP contribution < -0.4 is 0 Å². The Balaban J connectivity index is 1.76. The molecule has 2 heterocycles. The Morgan fingerprint density at radius 3 is 2.76 bits per heavy atom. The Hall–Kier alpha value is -2.94. The second-order valence-electron chi connectivity index (χ2n) is 5.24. The molecule has 1 aliphatic rings. The topological polar surface area (TPSA) is 101 Å². The van der Waals surface area contributed by atoms with Crippen LogP contribution in [0.3, 0.4) is 0 Å². The van der Waals surface area contributed by atoms with Crippen molar-refractivity contribution in [1.82, 2.24) is 4.90 Å². The van der Waals surface area contributed by atoms with Gasteiger partial charge < -0.3 is 4.42 Å². The van der Waals surface area contributed by atoms with Gasteiger partial charge in [-0.3, -0.25) is 19.8 Å². The predicted molar refractivity (Wildman–Crippen MR) is 94.5 cm³/mol. The van der Waals surface area contributed by atoms with E-state index in [-0.39, 0.29) is 18.1 Å². The highest BCUT2D eigenvalue weighted by Gasteiger charge is 2.28. The first-order chi connectivity index (χ1) is 12.0. The van der Waals surface area contributed by atoms with E-state index in [4.69, 9.17) is 4.42 Å². The van der Waals surface area contributed by atoms with E-state index in [0.29, 0.717) is 22.4 Å². The summed E-state index contributed by atoms with van der Waals surface area (Å²) in [6, 6.07) is 9.63. The second-order valence-corrected chi connectivity index (χ2v) is 6.18. The molecule has 1 amide bonds. The number of amidine groups is 1. The molecule has 9 heteroatoms. The third kappa shape index (κ3) is 3.94. The molecular weight excluding hydrogens is 344 g/mol. The molecule has 1 fully saturated rings. The minimum atomic E-state index is -0.459. The third-order valence-electron chi connectivity index (χ3n) is 3.51. The lowest BCUT2D eigenvalue weighted by atomic mass is 10.2. The monoisotopic (exact) mass is 358 g/mol. The number of benzene rings is 1. The van der Waals surface area contributed by atoms with Crippen molar-refractivity contribution in [3.8, 4) is 0 Å². The summed E-state index contributed by atoms with van der Waals surface area (Å²) in [5.41, 5.74) is 1.40. The third-order valence-corrected chi connectivity index (χ3v) is 4.46. The molecule has 1 saturated heterocycles. The predicted octanol–water partition coefficient (Wildman–Crippen LogP) is 3.04. The fourth-order valence-corrected chi connectivity index (χ4v) is 3.01. The number of rotatable bonds is 5. The molecule has 0 N–H and O–H groups in total. The van der Waals surface area contributed by atoms with Gasteiger partial charge in [0.1, 0.15) is 11.5 Å². The number of hydrogen-bond donors (Lipinski definition) is 0. The van der Waals surface area contributed by atoms with Gasteiger partial charge in [0.2, 0.25) is 5.91 Å². The van der Waals surface area contributed by atoms with Gasteiger partial charge in [-0.15, -0.1) is 10.2 Å². The summed E-state index contributed by atoms with van der Waals surface area (Å²) in [4.78, 5) is 23.9. The van der Waals surface area contributed by atoms with Crippen LogP contribution in [0.15, 0.2) is 57.3 Å². The van der Waals surface area contributed by atoms with Gasteiger partial charge in [0, 0.05) is 12.1 Å². The van der Waals surface area contributed by atoms with Gasteiger partial charge in [-0.05, 0) is 24.6 Å². The van der Waals surface area contributed by atoms with Crippen molar-refractivity contribution in [3.05, 3.63) is 64.1 Å². The number of nitro groups is 1. The van der Waals surface area contributed by atoms with Crippen molar-refractivity contribution >= 4 is 34.2 Å². The number of nitrogens with zero attached hydrogens (tertiary/aromatic N) is 4. The van der Waals surface area contributed by atoms with Crippen LogP contribution in [-0.4, -0.2) is 32.4 Å². The van der Waals surface area contributed by atoms with E-state index >= 15 is 0 Å². The van der Waals surface area contributed by atoms with Crippen LogP contribution in [0.5, 0.6) is 0 Å². The van der Waals surface area contributed by atoms with E-state index in [9.17, 15) is 14.9 Å². The zero-order chi connectivity index (χ0) is 17.8. The molecule has 0 atom stereocenters. The summed E-state index contributed by atoms with van der Waals surface area (Å²) in [7, 11) is 0. The highest BCUT2D eigenvalue weighted by atomic mass is 32.2. The molecule has 0 saturated carbocycles. The molecule has 1 aromatic heterocycles. The number of non-ortho nitro benzene ring substituents is 1. The quantitative estimate of drug-likeness (QED) is 0.464. The lowest BCUT2D eigenvalue weighted by molar-refractivity contribution is -0.384. The number of carbonyl (C=O) groups excluding carboxylic acids is 1. The molecule has 0 bridgehead atoms. The fraction of sp³-hybridized carbons (Fsp3) is 0.188. The molecule has 0 aliphatic carbocycles. The van der Waals surface area contributed by atoms with Gasteiger partial charge >= 0.3 is 0 Å². The molecule has 1 aliphatic heterocycles. The molecule has 0 spiro atoms. The van der Waals surface area contributed by atoms with E-state index in [1.165, 1.54) is 28.8 Å². The first-order valence-electron chi connectivity index (χ1n) is 7.37. The van der Waals surface area contributed by atoms with Crippen LogP contribution in [0.4, 0.5) is 5.69 Å². The summed E-state index contributed by atoms with van der Waals surface area (Å²) < 4.78 is 5.24. The van der Waals surface area contributed by atoms with Crippen molar-refractivity contribution in [3.63, 3.8) is 0 Å². The smallest absolute Gasteiger partial charge is 0.269 e. The molecule has 1 aromatic carbocycles. The molecule has 8 nitrogen and oxygen atoms in total. The van der Waals surface area contributed by atoms with Crippen molar-refractivity contribution in [2.45, 2.75) is 13.5 Å². The number of furan rings is 1. The molecule has 2 aromatic rings. The van der Waals surface area contributed by atoms with Crippen LogP contribution in [0, 0.1) is 10.1 Å². The Morgan fingerprint density at radius 1 is 1.36 bits per heavy atom. The Morgan fingerprint density at radius 2 is 2.12 bits per heavy atom. The van der Waals surface area contributed by atoms with Crippen molar-refractivity contribution < 1.29 is 14.1 Å². The summed E-state index contributed by atoms with van der Waals surface area (Å²) in [6.45, 7) is 2.06. The average molecular weight is 358 g/mol. The van der Waals surface area contributed by atoms with E-state index in [0.717, 1.165) is 5.56 Å². The number of amides is 1. The van der Waals surface area contributed by atoms with E-state index in [1.807, 2.05) is 0 Å². The molecular formula is C16H14N4O4S. The van der Waals surface area contributed by atoms with Gasteiger partial charge in [-0.2, -0.15) is 0 Å². The van der Waals surface area contributed by atoms with Gasteiger partial charge in [-0.25, -0.2) is 0 Å². The number of hydrogen-bond acceptors (Lipinski definition) is 7. The van der Waals surface area contributed by atoms with Crippen LogP contribution in [0.2, 0.25) is 0 Å². The van der Waals surface area contributed by atoms with Crippen LogP contribution >= 0.6 is 11.8 Å². The summed E-state index contributed by atoms with van der Waals surface area (Å²) in [5.74, 6) is 0.828. The maximum atomic E-state index is 12.1. The number of nitro benzene ring substituents is 1. The summed E-state index contributed by atoms with van der Waals surface area (Å²) in [5, 5.41) is 19.5. The largest absolute Gasteiger partial charge is 0.463 e. The zero-order valence-electron chi connectivity index (χ0n) is 13.3. The van der Waals surface area contributed by atoms with Crippen molar-refractivity contribution in [2.24, 2.45) is 10.2 Å². The van der Waals surface area contributed by atoms with Crippen molar-refractivity contribution in [1.29, 1.82) is 0 Å². The number of thioether (sulfide) groups is 1. The maximum Gasteiger partial charge on any atom is 0.269 e. The van der Waals surface area contributed by atoms with E-state index < -0.39 is 4.92 Å². The van der Waals surface area contributed by atoms with Crippen LogP contribution in [0.1, 0.15) is 18.2 Å². The number of carbonyl (C=O) groups is 1. The van der Waals surface area contributed by atoms with Crippen LogP contribution in [-0.2, 0) is 11.3 Å². The average Bonchev–Trinajstić information content (AvgIpc) is 3.25. The van der Waals surface area contributed by atoms with Crippen molar-refractivity contribution in [2.75, 3.05) is 5.75 Å². The Kier molecular flexibility index (Phi) is 4.94. The van der Waals surface area contributed by atoms with Gasteiger partial charge in [0.25, 0.3) is 5.69 Å². The Labute approximate surface area is 147 Å². The lowest BCUT2D eigenvalue weighted by Gasteiger charge is -2.15. The minimum absolute atomic E-state index is 0.0124. The molecule has 128 valence electrons. The van der Waals surface area contributed by atoms with Gasteiger partial charge in [0.05, 0.1) is 23.5 Å². The maximum absolute atomic E-state index is 12.1. The highest BCUT2D eigenvalue weighted by molar-refractivity contribution is 8.15. The summed E-state index contributed by atoms with van der Waals surface area (Å²) in [6.07, 6.45) is 1.55. The summed E-state index contributed by atoms with van der Waals surface area (Å²) >= 11 is 1.31.